The fraction of sp³-hybridized carbons (Fsp3) is 0.300. The number of nitrogens with one attached hydrogen (secondary N) is 2. The highest BCUT2D eigenvalue weighted by molar-refractivity contribution is 7.92. The summed E-state index contributed by atoms with van der Waals surface area (Å²) in [5, 5.41) is 11.0. The Morgan fingerprint density at radius 3 is 2.30 bits per heavy atom. The summed E-state index contributed by atoms with van der Waals surface area (Å²) in [6.07, 6.45) is 0. The maximum atomic E-state index is 12.4. The molecule has 0 unspecified atom stereocenters. The predicted octanol–water partition coefficient (Wildman–Crippen LogP) is -0.0867. The van der Waals surface area contributed by atoms with E-state index in [-0.39, 0.29) is 10.8 Å². The maximum absolute atomic E-state index is 12.4. The van der Waals surface area contributed by atoms with Crippen LogP contribution in [0.15, 0.2) is 17.0 Å². The second kappa shape index (κ2) is 5.06. The van der Waals surface area contributed by atoms with Gasteiger partial charge in [-0.05, 0) is 42.3 Å². The fourth-order valence-electron chi connectivity index (χ4n) is 1.95. The topological polar surface area (TPSA) is 128 Å². The van der Waals surface area contributed by atoms with Crippen LogP contribution in [-0.2, 0) is 17.1 Å². The zero-order valence-electron chi connectivity index (χ0n) is 11.2. The third kappa shape index (κ3) is 2.70. The second-order valence-corrected chi connectivity index (χ2v) is 5.91. The molecule has 0 saturated carbocycles. The van der Waals surface area contributed by atoms with Crippen LogP contribution >= 0.6 is 0 Å². The van der Waals surface area contributed by atoms with Crippen molar-refractivity contribution in [1.29, 1.82) is 0 Å². The Labute approximate surface area is 116 Å². The van der Waals surface area contributed by atoms with Gasteiger partial charge < -0.3 is 5.43 Å². The lowest BCUT2D eigenvalue weighted by molar-refractivity contribution is 0.599. The average Bonchev–Trinajstić information content (AvgIpc) is 2.72. The summed E-state index contributed by atoms with van der Waals surface area (Å²) in [6.45, 7) is 3.37. The van der Waals surface area contributed by atoms with E-state index in [1.54, 1.807) is 33.0 Å². The predicted molar refractivity (Wildman–Crippen MR) is 73.3 cm³/mol. The van der Waals surface area contributed by atoms with Crippen LogP contribution in [0.4, 0.5) is 11.6 Å². The largest absolute Gasteiger partial charge is 0.324 e. The molecular formula is C10H15N7O2S. The first-order valence-electron chi connectivity index (χ1n) is 5.68. The molecule has 0 radical (unpaired) electrons. The summed E-state index contributed by atoms with van der Waals surface area (Å²) in [5.41, 5.74) is 4.25. The number of aromatic nitrogens is 4. The van der Waals surface area contributed by atoms with Crippen molar-refractivity contribution in [3.63, 3.8) is 0 Å². The lowest BCUT2D eigenvalue weighted by Gasteiger charge is -2.12. The van der Waals surface area contributed by atoms with Crippen LogP contribution in [0.25, 0.3) is 0 Å². The molecule has 1 heterocycles. The van der Waals surface area contributed by atoms with E-state index >= 15 is 0 Å². The summed E-state index contributed by atoms with van der Waals surface area (Å²) in [5.74, 6) is 5.25. The maximum Gasteiger partial charge on any atom is 0.277 e. The number of hydrazine groups is 1. The molecule has 10 heteroatoms. The fourth-order valence-corrected chi connectivity index (χ4v) is 3.34. The molecule has 2 aromatic rings. The van der Waals surface area contributed by atoms with Crippen molar-refractivity contribution in [3.05, 3.63) is 23.3 Å². The molecule has 4 N–H and O–H groups in total. The average molecular weight is 297 g/mol. The molecule has 0 atom stereocenters. The Morgan fingerprint density at radius 2 is 1.85 bits per heavy atom. The van der Waals surface area contributed by atoms with Gasteiger partial charge in [0.15, 0.2) is 0 Å². The van der Waals surface area contributed by atoms with Gasteiger partial charge >= 0.3 is 0 Å². The van der Waals surface area contributed by atoms with Gasteiger partial charge in [0, 0.05) is 5.69 Å². The van der Waals surface area contributed by atoms with Crippen molar-refractivity contribution in [3.8, 4) is 0 Å². The minimum atomic E-state index is -3.78. The summed E-state index contributed by atoms with van der Waals surface area (Å²) >= 11 is 0. The second-order valence-electron chi connectivity index (χ2n) is 4.29. The van der Waals surface area contributed by atoms with Gasteiger partial charge in [0.2, 0.25) is 0 Å². The lowest BCUT2D eigenvalue weighted by atomic mass is 10.1. The van der Waals surface area contributed by atoms with E-state index in [1.807, 2.05) is 0 Å². The third-order valence-electron chi connectivity index (χ3n) is 2.63. The zero-order chi connectivity index (χ0) is 14.9. The number of hydrogen-bond donors (Lipinski definition) is 3. The van der Waals surface area contributed by atoms with Crippen molar-refractivity contribution in [2.75, 3.05) is 10.1 Å². The highest BCUT2D eigenvalue weighted by Gasteiger charge is 2.22. The van der Waals surface area contributed by atoms with Crippen molar-refractivity contribution in [2.24, 2.45) is 12.9 Å². The lowest BCUT2D eigenvalue weighted by Crippen LogP contribution is -2.17. The van der Waals surface area contributed by atoms with E-state index in [2.05, 4.69) is 25.6 Å². The smallest absolute Gasteiger partial charge is 0.277 e. The Hall–Kier alpha value is -2.20. The Morgan fingerprint density at radius 1 is 1.25 bits per heavy atom. The number of nitrogens with two attached hydrogens (primary N) is 1. The standard InChI is InChI=1S/C10H15N7O2S/c1-6-4-8(12-11)5-7(2)9(6)20(18,19)15-10-13-16-17(3)14-10/h4-5,12H,11H2,1-3H3,(H,14,15). The van der Waals surface area contributed by atoms with Crippen molar-refractivity contribution in [1.82, 2.24) is 20.2 Å². The van der Waals surface area contributed by atoms with Gasteiger partial charge in [-0.15, -0.1) is 5.10 Å². The van der Waals surface area contributed by atoms with E-state index in [9.17, 15) is 8.42 Å². The molecule has 0 fully saturated rings. The Bertz CT molecular complexity index is 715. The van der Waals surface area contributed by atoms with Crippen molar-refractivity contribution < 1.29 is 8.42 Å². The normalized spacial score (nSPS) is 11.4. The minimum absolute atomic E-state index is 0.0765. The van der Waals surface area contributed by atoms with Gasteiger partial charge in [0.1, 0.15) is 0 Å². The number of anilines is 2. The third-order valence-corrected chi connectivity index (χ3v) is 4.26. The molecule has 0 bridgehead atoms. The highest BCUT2D eigenvalue weighted by Crippen LogP contribution is 2.25. The number of rotatable bonds is 4. The van der Waals surface area contributed by atoms with E-state index < -0.39 is 10.0 Å². The molecule has 0 spiro atoms. The highest BCUT2D eigenvalue weighted by atomic mass is 32.2. The molecule has 1 aromatic heterocycles. The molecule has 2 rings (SSSR count). The Kier molecular flexibility index (Phi) is 3.59. The number of nitrogens with zero attached hydrogens (tertiary/aromatic N) is 4. The number of tetrazole rings is 1. The van der Waals surface area contributed by atoms with E-state index in [1.165, 1.54) is 4.80 Å². The number of sulfonamides is 1. The zero-order valence-corrected chi connectivity index (χ0v) is 12.1. The molecule has 0 saturated heterocycles. The van der Waals surface area contributed by atoms with Crippen LogP contribution < -0.4 is 16.0 Å². The molecule has 1 aromatic carbocycles. The minimum Gasteiger partial charge on any atom is -0.324 e. The van der Waals surface area contributed by atoms with Crippen molar-refractivity contribution in [2.45, 2.75) is 18.7 Å². The van der Waals surface area contributed by atoms with Gasteiger partial charge in [-0.3, -0.25) is 5.84 Å². The van der Waals surface area contributed by atoms with E-state index in [4.69, 9.17) is 5.84 Å². The summed E-state index contributed by atoms with van der Waals surface area (Å²) in [4.78, 5) is 1.34. The monoisotopic (exact) mass is 297 g/mol. The van der Waals surface area contributed by atoms with Gasteiger partial charge in [0.05, 0.1) is 11.9 Å². The van der Waals surface area contributed by atoms with Crippen LogP contribution in [-0.4, -0.2) is 28.6 Å². The number of benzene rings is 1. The van der Waals surface area contributed by atoms with Crippen LogP contribution in [0.3, 0.4) is 0 Å². The first-order chi connectivity index (χ1) is 9.33. The van der Waals surface area contributed by atoms with Gasteiger partial charge in [-0.2, -0.15) is 4.80 Å². The Balaban J connectivity index is 2.44. The summed E-state index contributed by atoms with van der Waals surface area (Å²) in [7, 11) is -2.24. The quantitative estimate of drug-likeness (QED) is 0.531. The number of nitrogen functional groups attached to an aromatic ring is 1. The van der Waals surface area contributed by atoms with Crippen LogP contribution in [0.2, 0.25) is 0 Å². The van der Waals surface area contributed by atoms with Crippen molar-refractivity contribution >= 4 is 21.7 Å². The molecular weight excluding hydrogens is 282 g/mol. The molecule has 9 nitrogen and oxygen atoms in total. The summed E-state index contributed by atoms with van der Waals surface area (Å²) < 4.78 is 27.0. The number of aryl methyl sites for hydroxylation is 3. The molecule has 0 aliphatic rings. The summed E-state index contributed by atoms with van der Waals surface area (Å²) in [6, 6.07) is 3.29. The van der Waals surface area contributed by atoms with Gasteiger partial charge in [0.25, 0.3) is 16.0 Å². The SMILES string of the molecule is Cc1cc(NN)cc(C)c1S(=O)(=O)Nc1nnn(C)n1. The van der Waals surface area contributed by atoms with Gasteiger partial charge in [-0.25, -0.2) is 13.1 Å². The molecule has 0 aliphatic heterocycles. The molecule has 0 amide bonds. The molecule has 108 valence electrons. The van der Waals surface area contributed by atoms with E-state index in [0.29, 0.717) is 16.8 Å². The molecule has 20 heavy (non-hydrogen) atoms. The van der Waals surface area contributed by atoms with Crippen LogP contribution in [0, 0.1) is 13.8 Å². The first-order valence-corrected chi connectivity index (χ1v) is 7.16. The number of hydrogen-bond acceptors (Lipinski definition) is 7. The van der Waals surface area contributed by atoms with Crippen LogP contribution in [0.1, 0.15) is 11.1 Å². The molecule has 0 aliphatic carbocycles. The first kappa shape index (κ1) is 14.2. The van der Waals surface area contributed by atoms with Gasteiger partial charge in [-0.1, -0.05) is 5.10 Å². The van der Waals surface area contributed by atoms with E-state index in [0.717, 1.165) is 0 Å². The van der Waals surface area contributed by atoms with Crippen LogP contribution in [0.5, 0.6) is 0 Å².